The standard InChI is InChI=1S/C18H13FN2O3/c1-11(22)20-15-8-2-12(3-9-15)10-16-18(23)24-17(21-16)13-4-6-14(19)7-5-13/h2-10H,1H3,(H,20,22)/b16-10-. The van der Waals surface area contributed by atoms with Crippen molar-refractivity contribution in [2.24, 2.45) is 4.99 Å². The van der Waals surface area contributed by atoms with Crippen molar-refractivity contribution in [1.29, 1.82) is 0 Å². The number of anilines is 1. The van der Waals surface area contributed by atoms with E-state index in [9.17, 15) is 14.0 Å². The maximum absolute atomic E-state index is 12.9. The molecule has 0 bridgehead atoms. The summed E-state index contributed by atoms with van der Waals surface area (Å²) in [6.45, 7) is 1.43. The number of carbonyl (C=O) groups is 2. The molecule has 6 heteroatoms. The fraction of sp³-hybridized carbons (Fsp3) is 0.0556. The number of rotatable bonds is 3. The van der Waals surface area contributed by atoms with Crippen LogP contribution in [0, 0.1) is 5.82 Å². The second kappa shape index (κ2) is 6.45. The van der Waals surface area contributed by atoms with Crippen LogP contribution in [0.15, 0.2) is 59.2 Å². The lowest BCUT2D eigenvalue weighted by molar-refractivity contribution is -0.129. The van der Waals surface area contributed by atoms with Gasteiger partial charge < -0.3 is 10.1 Å². The lowest BCUT2D eigenvalue weighted by atomic mass is 10.1. The number of aliphatic imine (C=N–C) groups is 1. The third-order valence-corrected chi connectivity index (χ3v) is 3.25. The van der Waals surface area contributed by atoms with E-state index in [-0.39, 0.29) is 23.3 Å². The van der Waals surface area contributed by atoms with E-state index < -0.39 is 5.97 Å². The number of cyclic esters (lactones) is 1. The first-order chi connectivity index (χ1) is 11.5. The van der Waals surface area contributed by atoms with Gasteiger partial charge in [0.2, 0.25) is 11.8 Å². The Kier molecular flexibility index (Phi) is 4.20. The summed E-state index contributed by atoms with van der Waals surface area (Å²) in [7, 11) is 0. The van der Waals surface area contributed by atoms with Gasteiger partial charge in [-0.2, -0.15) is 0 Å². The van der Waals surface area contributed by atoms with E-state index in [1.165, 1.54) is 31.2 Å². The number of amides is 1. The lowest BCUT2D eigenvalue weighted by Gasteiger charge is -2.01. The van der Waals surface area contributed by atoms with Gasteiger partial charge in [-0.05, 0) is 48.0 Å². The number of ether oxygens (including phenoxy) is 1. The van der Waals surface area contributed by atoms with Gasteiger partial charge in [-0.15, -0.1) is 0 Å². The third-order valence-electron chi connectivity index (χ3n) is 3.25. The van der Waals surface area contributed by atoms with Crippen molar-refractivity contribution >= 4 is 29.5 Å². The number of hydrogen-bond acceptors (Lipinski definition) is 4. The van der Waals surface area contributed by atoms with Gasteiger partial charge in [-0.3, -0.25) is 4.79 Å². The Bertz CT molecular complexity index is 853. The molecule has 1 aliphatic heterocycles. The van der Waals surface area contributed by atoms with Crippen LogP contribution in [0.4, 0.5) is 10.1 Å². The number of hydrogen-bond donors (Lipinski definition) is 1. The minimum absolute atomic E-state index is 0.140. The average Bonchev–Trinajstić information content (AvgIpc) is 2.90. The summed E-state index contributed by atoms with van der Waals surface area (Å²) in [5.74, 6) is -0.964. The first-order valence-electron chi connectivity index (χ1n) is 7.17. The molecular weight excluding hydrogens is 311 g/mol. The predicted octanol–water partition coefficient (Wildman–Crippen LogP) is 3.13. The summed E-state index contributed by atoms with van der Waals surface area (Å²) < 4.78 is 18.1. The van der Waals surface area contributed by atoms with Crippen LogP contribution in [0.1, 0.15) is 18.1 Å². The first kappa shape index (κ1) is 15.6. The molecule has 1 aliphatic rings. The highest BCUT2D eigenvalue weighted by Crippen LogP contribution is 2.20. The number of benzene rings is 2. The fourth-order valence-electron chi connectivity index (χ4n) is 2.15. The SMILES string of the molecule is CC(=O)Nc1ccc(/C=C2\N=C(c3ccc(F)cc3)OC2=O)cc1. The molecule has 3 rings (SSSR count). The van der Waals surface area contributed by atoms with Crippen LogP contribution in [0.5, 0.6) is 0 Å². The number of nitrogens with zero attached hydrogens (tertiary/aromatic N) is 1. The van der Waals surface area contributed by atoms with Crippen molar-refractivity contribution in [3.05, 3.63) is 71.2 Å². The zero-order valence-corrected chi connectivity index (χ0v) is 12.7. The lowest BCUT2D eigenvalue weighted by Crippen LogP contribution is -2.05. The van der Waals surface area contributed by atoms with E-state index in [2.05, 4.69) is 10.3 Å². The number of halogens is 1. The Hall–Kier alpha value is -3.28. The summed E-state index contributed by atoms with van der Waals surface area (Å²) in [5.41, 5.74) is 2.07. The van der Waals surface area contributed by atoms with Crippen LogP contribution in [0.3, 0.4) is 0 Å². The van der Waals surface area contributed by atoms with E-state index in [1.807, 2.05) is 0 Å². The van der Waals surface area contributed by atoms with Crippen LogP contribution in [-0.2, 0) is 14.3 Å². The maximum atomic E-state index is 12.9. The molecule has 0 aliphatic carbocycles. The van der Waals surface area contributed by atoms with Crippen molar-refractivity contribution in [3.8, 4) is 0 Å². The van der Waals surface area contributed by atoms with Gasteiger partial charge in [0.05, 0.1) is 0 Å². The highest BCUT2D eigenvalue weighted by atomic mass is 19.1. The van der Waals surface area contributed by atoms with Crippen molar-refractivity contribution in [2.75, 3.05) is 5.32 Å². The van der Waals surface area contributed by atoms with Gasteiger partial charge in [0, 0.05) is 18.2 Å². The molecule has 0 radical (unpaired) electrons. The van der Waals surface area contributed by atoms with Crippen molar-refractivity contribution in [3.63, 3.8) is 0 Å². The van der Waals surface area contributed by atoms with E-state index in [1.54, 1.807) is 30.3 Å². The average molecular weight is 324 g/mol. The molecule has 5 nitrogen and oxygen atoms in total. The van der Waals surface area contributed by atoms with E-state index >= 15 is 0 Å². The largest absolute Gasteiger partial charge is 0.402 e. The Balaban J connectivity index is 1.83. The Morgan fingerprint density at radius 2 is 1.79 bits per heavy atom. The van der Waals surface area contributed by atoms with Gasteiger partial charge in [-0.1, -0.05) is 12.1 Å². The maximum Gasteiger partial charge on any atom is 0.363 e. The van der Waals surface area contributed by atoms with Crippen molar-refractivity contribution < 1.29 is 18.7 Å². The third kappa shape index (κ3) is 3.55. The molecule has 0 saturated carbocycles. The molecule has 1 heterocycles. The molecule has 2 aromatic rings. The van der Waals surface area contributed by atoms with Gasteiger partial charge in [0.15, 0.2) is 5.70 Å². The topological polar surface area (TPSA) is 67.8 Å². The zero-order valence-electron chi connectivity index (χ0n) is 12.7. The van der Waals surface area contributed by atoms with Gasteiger partial charge >= 0.3 is 5.97 Å². The molecule has 1 amide bonds. The molecule has 0 unspecified atom stereocenters. The predicted molar refractivity (Wildman–Crippen MR) is 87.8 cm³/mol. The van der Waals surface area contributed by atoms with Crippen LogP contribution in [-0.4, -0.2) is 17.8 Å². The molecule has 0 spiro atoms. The Labute approximate surface area is 137 Å². The second-order valence-electron chi connectivity index (χ2n) is 5.15. The van der Waals surface area contributed by atoms with Crippen LogP contribution < -0.4 is 5.32 Å². The molecule has 0 fully saturated rings. The highest BCUT2D eigenvalue weighted by molar-refractivity contribution is 6.12. The molecule has 24 heavy (non-hydrogen) atoms. The first-order valence-corrected chi connectivity index (χ1v) is 7.17. The molecule has 0 saturated heterocycles. The zero-order chi connectivity index (χ0) is 17.1. The minimum atomic E-state index is -0.569. The molecular formula is C18H13FN2O3. The summed E-state index contributed by atoms with van der Waals surface area (Å²) >= 11 is 0. The molecule has 2 aromatic carbocycles. The molecule has 1 N–H and O–H groups in total. The molecule has 0 aromatic heterocycles. The summed E-state index contributed by atoms with van der Waals surface area (Å²) in [6, 6.07) is 12.5. The molecule has 0 atom stereocenters. The smallest absolute Gasteiger partial charge is 0.363 e. The van der Waals surface area contributed by atoms with Gasteiger partial charge in [-0.25, -0.2) is 14.2 Å². The van der Waals surface area contributed by atoms with E-state index in [0.717, 1.165) is 5.56 Å². The van der Waals surface area contributed by atoms with Crippen LogP contribution in [0.2, 0.25) is 0 Å². The van der Waals surface area contributed by atoms with Crippen LogP contribution in [0.25, 0.3) is 6.08 Å². The van der Waals surface area contributed by atoms with Crippen molar-refractivity contribution in [1.82, 2.24) is 0 Å². The van der Waals surface area contributed by atoms with Crippen LogP contribution >= 0.6 is 0 Å². The summed E-state index contributed by atoms with van der Waals surface area (Å²) in [6.07, 6.45) is 1.58. The fourth-order valence-corrected chi connectivity index (χ4v) is 2.15. The summed E-state index contributed by atoms with van der Waals surface area (Å²) in [5, 5.41) is 2.66. The monoisotopic (exact) mass is 324 g/mol. The summed E-state index contributed by atoms with van der Waals surface area (Å²) in [4.78, 5) is 27.0. The number of carbonyl (C=O) groups excluding carboxylic acids is 2. The van der Waals surface area contributed by atoms with Gasteiger partial charge in [0.1, 0.15) is 5.82 Å². The number of nitrogens with one attached hydrogen (secondary N) is 1. The highest BCUT2D eigenvalue weighted by Gasteiger charge is 2.24. The normalized spacial score (nSPS) is 15.2. The second-order valence-corrected chi connectivity index (χ2v) is 5.15. The van der Waals surface area contributed by atoms with E-state index in [4.69, 9.17) is 4.74 Å². The number of esters is 1. The Morgan fingerprint density at radius 3 is 2.42 bits per heavy atom. The van der Waals surface area contributed by atoms with E-state index in [0.29, 0.717) is 11.3 Å². The molecule has 120 valence electrons. The quantitative estimate of drug-likeness (QED) is 0.697. The van der Waals surface area contributed by atoms with Gasteiger partial charge in [0.25, 0.3) is 0 Å². The minimum Gasteiger partial charge on any atom is -0.402 e. The van der Waals surface area contributed by atoms with Crippen molar-refractivity contribution in [2.45, 2.75) is 6.92 Å². The Morgan fingerprint density at radius 1 is 1.12 bits per heavy atom.